The number of hydrogen-bond acceptors (Lipinski definition) is 6. The number of anilines is 1. The van der Waals surface area contributed by atoms with Crippen molar-refractivity contribution >= 4 is 29.0 Å². The standard InChI is InChI=1S/C21H21N3O3S/c22-20-18(9-4-11-23-20)21(26)27-15-19(25)24(14-17-8-5-13-28-17)12-10-16-6-2-1-3-7-16/h1-9,11,13H,10,12,14-15H2,(H2,22,23). The Hall–Kier alpha value is -3.19. The summed E-state index contributed by atoms with van der Waals surface area (Å²) in [6, 6.07) is 17.0. The number of nitrogens with two attached hydrogens (primary N) is 1. The Balaban J connectivity index is 1.62. The highest BCUT2D eigenvalue weighted by molar-refractivity contribution is 7.09. The van der Waals surface area contributed by atoms with Crippen molar-refractivity contribution in [3.05, 3.63) is 82.2 Å². The summed E-state index contributed by atoms with van der Waals surface area (Å²) in [6.07, 6.45) is 2.21. The molecule has 3 rings (SSSR count). The number of aromatic nitrogens is 1. The molecule has 0 fully saturated rings. The molecule has 2 aromatic heterocycles. The fourth-order valence-electron chi connectivity index (χ4n) is 2.68. The number of carbonyl (C=O) groups is 2. The fourth-order valence-corrected chi connectivity index (χ4v) is 3.40. The quantitative estimate of drug-likeness (QED) is 0.592. The number of hydrogen-bond donors (Lipinski definition) is 1. The van der Waals surface area contributed by atoms with Gasteiger partial charge in [0.1, 0.15) is 11.4 Å². The zero-order chi connectivity index (χ0) is 19.8. The Bertz CT molecular complexity index is 914. The van der Waals surface area contributed by atoms with E-state index in [0.717, 1.165) is 16.9 Å². The van der Waals surface area contributed by atoms with E-state index in [4.69, 9.17) is 10.5 Å². The van der Waals surface area contributed by atoms with E-state index in [0.29, 0.717) is 13.1 Å². The van der Waals surface area contributed by atoms with Crippen LogP contribution in [0.3, 0.4) is 0 Å². The zero-order valence-corrected chi connectivity index (χ0v) is 16.1. The molecule has 0 saturated heterocycles. The number of pyridine rings is 1. The Morgan fingerprint density at radius 2 is 1.89 bits per heavy atom. The first-order chi connectivity index (χ1) is 13.6. The highest BCUT2D eigenvalue weighted by Gasteiger charge is 2.18. The molecule has 2 heterocycles. The van der Waals surface area contributed by atoms with E-state index in [1.165, 1.54) is 12.3 Å². The maximum atomic E-state index is 12.7. The third-order valence-corrected chi connectivity index (χ3v) is 5.04. The van der Waals surface area contributed by atoms with Crippen LogP contribution in [-0.4, -0.2) is 34.9 Å². The minimum Gasteiger partial charge on any atom is -0.452 e. The van der Waals surface area contributed by atoms with Crippen LogP contribution in [0.15, 0.2) is 66.2 Å². The van der Waals surface area contributed by atoms with Crippen LogP contribution in [0, 0.1) is 0 Å². The highest BCUT2D eigenvalue weighted by Crippen LogP contribution is 2.14. The van der Waals surface area contributed by atoms with Crippen LogP contribution < -0.4 is 5.73 Å². The molecule has 0 spiro atoms. The zero-order valence-electron chi connectivity index (χ0n) is 15.3. The van der Waals surface area contributed by atoms with Crippen molar-refractivity contribution in [2.75, 3.05) is 18.9 Å². The van der Waals surface area contributed by atoms with Crippen molar-refractivity contribution in [1.82, 2.24) is 9.88 Å². The van der Waals surface area contributed by atoms with Crippen molar-refractivity contribution in [2.45, 2.75) is 13.0 Å². The molecular weight excluding hydrogens is 374 g/mol. The number of nitrogens with zero attached hydrogens (tertiary/aromatic N) is 2. The van der Waals surface area contributed by atoms with Crippen LogP contribution in [-0.2, 0) is 22.5 Å². The number of thiophene rings is 1. The van der Waals surface area contributed by atoms with Crippen LogP contribution in [0.2, 0.25) is 0 Å². The van der Waals surface area contributed by atoms with Crippen molar-refractivity contribution in [3.8, 4) is 0 Å². The molecule has 1 aromatic carbocycles. The van der Waals surface area contributed by atoms with Gasteiger partial charge in [0.05, 0.1) is 6.54 Å². The second kappa shape index (κ2) is 9.66. The molecule has 0 unspecified atom stereocenters. The smallest absolute Gasteiger partial charge is 0.342 e. The van der Waals surface area contributed by atoms with Crippen LogP contribution in [0.1, 0.15) is 20.8 Å². The van der Waals surface area contributed by atoms with Crippen LogP contribution in [0.25, 0.3) is 0 Å². The van der Waals surface area contributed by atoms with Gasteiger partial charge >= 0.3 is 5.97 Å². The van der Waals surface area contributed by atoms with Crippen LogP contribution in [0.5, 0.6) is 0 Å². The molecule has 0 radical (unpaired) electrons. The number of benzene rings is 1. The molecule has 2 N–H and O–H groups in total. The molecule has 3 aromatic rings. The summed E-state index contributed by atoms with van der Waals surface area (Å²) < 4.78 is 5.18. The van der Waals surface area contributed by atoms with Gasteiger partial charge in [0.25, 0.3) is 5.91 Å². The van der Waals surface area contributed by atoms with E-state index in [9.17, 15) is 9.59 Å². The number of nitrogen functional groups attached to an aromatic ring is 1. The number of rotatable bonds is 8. The van der Waals surface area contributed by atoms with Gasteiger partial charge in [0, 0.05) is 17.6 Å². The van der Waals surface area contributed by atoms with Gasteiger partial charge in [-0.25, -0.2) is 9.78 Å². The molecule has 7 heteroatoms. The lowest BCUT2D eigenvalue weighted by Crippen LogP contribution is -2.35. The lowest BCUT2D eigenvalue weighted by Gasteiger charge is -2.22. The average Bonchev–Trinajstić information content (AvgIpc) is 3.23. The maximum Gasteiger partial charge on any atom is 0.342 e. The molecule has 0 aliphatic heterocycles. The fraction of sp³-hybridized carbons (Fsp3) is 0.190. The summed E-state index contributed by atoms with van der Waals surface area (Å²) in [5, 5.41) is 1.97. The lowest BCUT2D eigenvalue weighted by atomic mass is 10.1. The summed E-state index contributed by atoms with van der Waals surface area (Å²) in [7, 11) is 0. The van der Waals surface area contributed by atoms with Gasteiger partial charge in [-0.3, -0.25) is 4.79 Å². The first-order valence-electron chi connectivity index (χ1n) is 8.85. The Morgan fingerprint density at radius 1 is 1.07 bits per heavy atom. The summed E-state index contributed by atoms with van der Waals surface area (Å²) in [5.74, 6) is -0.822. The first-order valence-corrected chi connectivity index (χ1v) is 9.73. The molecule has 144 valence electrons. The van der Waals surface area contributed by atoms with Gasteiger partial charge in [-0.05, 0) is 35.6 Å². The van der Waals surface area contributed by atoms with E-state index < -0.39 is 5.97 Å². The first kappa shape index (κ1) is 19.6. The predicted octanol–water partition coefficient (Wildman–Crippen LogP) is 3.15. The van der Waals surface area contributed by atoms with Gasteiger partial charge in [-0.15, -0.1) is 11.3 Å². The van der Waals surface area contributed by atoms with Gasteiger partial charge in [0.15, 0.2) is 6.61 Å². The topological polar surface area (TPSA) is 85.5 Å². The van der Waals surface area contributed by atoms with E-state index in [2.05, 4.69) is 4.98 Å². The molecule has 28 heavy (non-hydrogen) atoms. The highest BCUT2D eigenvalue weighted by atomic mass is 32.1. The Morgan fingerprint density at radius 3 is 2.61 bits per heavy atom. The van der Waals surface area contributed by atoms with Crippen molar-refractivity contribution < 1.29 is 14.3 Å². The second-order valence-electron chi connectivity index (χ2n) is 6.14. The summed E-state index contributed by atoms with van der Waals surface area (Å²) >= 11 is 1.59. The minimum atomic E-state index is -0.655. The molecule has 1 amide bonds. The third kappa shape index (κ3) is 5.40. The van der Waals surface area contributed by atoms with Gasteiger partial charge < -0.3 is 15.4 Å². The molecule has 0 aliphatic carbocycles. The minimum absolute atomic E-state index is 0.0828. The van der Waals surface area contributed by atoms with Crippen LogP contribution >= 0.6 is 11.3 Å². The summed E-state index contributed by atoms with van der Waals surface area (Å²) in [6.45, 7) is 0.677. The van der Waals surface area contributed by atoms with E-state index in [-0.39, 0.29) is 23.9 Å². The Kier molecular flexibility index (Phi) is 6.75. The molecule has 0 bridgehead atoms. The van der Waals surface area contributed by atoms with E-state index >= 15 is 0 Å². The summed E-state index contributed by atoms with van der Waals surface area (Å²) in [5.41, 5.74) is 6.99. The number of ether oxygens (including phenoxy) is 1. The lowest BCUT2D eigenvalue weighted by molar-refractivity contribution is -0.135. The van der Waals surface area contributed by atoms with Crippen LogP contribution in [0.4, 0.5) is 5.82 Å². The van der Waals surface area contributed by atoms with E-state index in [1.807, 2.05) is 47.8 Å². The molecule has 0 saturated carbocycles. The Labute approximate surface area is 167 Å². The van der Waals surface area contributed by atoms with Crippen molar-refractivity contribution in [3.63, 3.8) is 0 Å². The molecule has 6 nitrogen and oxygen atoms in total. The van der Waals surface area contributed by atoms with Gasteiger partial charge in [0.2, 0.25) is 0 Å². The molecular formula is C21H21N3O3S. The molecule has 0 atom stereocenters. The summed E-state index contributed by atoms with van der Waals surface area (Å²) in [4.78, 5) is 31.5. The predicted molar refractivity (Wildman–Crippen MR) is 109 cm³/mol. The number of carbonyl (C=O) groups excluding carboxylic acids is 2. The maximum absolute atomic E-state index is 12.7. The monoisotopic (exact) mass is 395 g/mol. The number of esters is 1. The second-order valence-corrected chi connectivity index (χ2v) is 7.17. The number of amides is 1. The van der Waals surface area contributed by atoms with Crippen molar-refractivity contribution in [1.29, 1.82) is 0 Å². The average molecular weight is 395 g/mol. The molecule has 0 aliphatic rings. The SMILES string of the molecule is Nc1ncccc1C(=O)OCC(=O)N(CCc1ccccc1)Cc1cccs1. The van der Waals surface area contributed by atoms with Gasteiger partial charge in [-0.2, -0.15) is 0 Å². The third-order valence-electron chi connectivity index (χ3n) is 4.18. The van der Waals surface area contributed by atoms with Crippen molar-refractivity contribution in [2.24, 2.45) is 0 Å². The van der Waals surface area contributed by atoms with Gasteiger partial charge in [-0.1, -0.05) is 36.4 Å². The van der Waals surface area contributed by atoms with E-state index in [1.54, 1.807) is 22.3 Å². The normalized spacial score (nSPS) is 10.4. The largest absolute Gasteiger partial charge is 0.452 e.